The highest BCUT2D eigenvalue weighted by Gasteiger charge is 2.57. The number of anilines is 1. The van der Waals surface area contributed by atoms with Crippen molar-refractivity contribution in [2.75, 3.05) is 11.9 Å². The van der Waals surface area contributed by atoms with Crippen LogP contribution in [0.3, 0.4) is 0 Å². The van der Waals surface area contributed by atoms with Crippen LogP contribution in [0.2, 0.25) is 0 Å². The van der Waals surface area contributed by atoms with Crippen molar-refractivity contribution in [3.8, 4) is 11.3 Å². The minimum Gasteiger partial charge on any atom is -0.394 e. The van der Waals surface area contributed by atoms with Gasteiger partial charge in [-0.15, -0.1) is 0 Å². The number of aliphatic hydroxyl groups excluding tert-OH is 2. The van der Waals surface area contributed by atoms with Crippen molar-refractivity contribution in [1.82, 2.24) is 14.5 Å². The molecule has 2 unspecified atom stereocenters. The van der Waals surface area contributed by atoms with Crippen LogP contribution in [-0.2, 0) is 4.74 Å². The fourth-order valence-electron chi connectivity index (χ4n) is 4.44. The van der Waals surface area contributed by atoms with Gasteiger partial charge in [0.25, 0.3) is 5.91 Å². The second-order valence-corrected chi connectivity index (χ2v) is 8.03. The minimum atomic E-state index is -1.67. The summed E-state index contributed by atoms with van der Waals surface area (Å²) in [6, 6.07) is 8.82. The largest absolute Gasteiger partial charge is 0.394 e. The van der Waals surface area contributed by atoms with E-state index in [1.807, 2.05) is 37.3 Å². The molecule has 1 aromatic carbocycles. The number of ether oxygens (including phenoxy) is 1. The lowest BCUT2D eigenvalue weighted by Gasteiger charge is -2.39. The molecule has 0 aliphatic carbocycles. The molecule has 30 heavy (non-hydrogen) atoms. The summed E-state index contributed by atoms with van der Waals surface area (Å²) < 4.78 is 7.22. The van der Waals surface area contributed by atoms with Crippen molar-refractivity contribution in [3.63, 3.8) is 0 Å². The number of benzene rings is 1. The number of hydrogen-bond acceptors (Lipinski definition) is 9. The van der Waals surface area contributed by atoms with Crippen LogP contribution in [0.5, 0.6) is 0 Å². The third kappa shape index (κ3) is 2.54. The van der Waals surface area contributed by atoms with Crippen molar-refractivity contribution < 1.29 is 24.9 Å². The van der Waals surface area contributed by atoms with Crippen molar-refractivity contribution >= 4 is 18.2 Å². The van der Waals surface area contributed by atoms with Crippen LogP contribution in [0.25, 0.3) is 11.3 Å². The molecule has 1 fully saturated rings. The lowest BCUT2D eigenvalue weighted by molar-refractivity contribution is -0.117. The molecule has 3 aliphatic heterocycles. The average Bonchev–Trinajstić information content (AvgIpc) is 3.36. The standard InChI is InChI=1S/C20H23N5O5/c1-10-13(11-6-4-3-5-7-11)22-19-23-16-14(17(28)25(10)19)21-9-24(16)18-20(2,29)15(27)12(8-26)30-18/h3-7,9,12,14-16,18,26-27,29H,8H2,1-2H3,(H,22,23)/t12-,14?,15-,16?,18-,20-/m1/s1. The number of rotatable bonds is 3. The third-order valence-corrected chi connectivity index (χ3v) is 6.09. The summed E-state index contributed by atoms with van der Waals surface area (Å²) >= 11 is 0. The second kappa shape index (κ2) is 6.61. The van der Waals surface area contributed by atoms with Crippen LogP contribution in [-0.4, -0.2) is 84.9 Å². The maximum absolute atomic E-state index is 13.2. The van der Waals surface area contributed by atoms with E-state index in [9.17, 15) is 20.1 Å². The Hall–Kier alpha value is -2.79. The van der Waals surface area contributed by atoms with E-state index < -0.39 is 42.9 Å². The van der Waals surface area contributed by atoms with E-state index in [1.54, 1.807) is 4.90 Å². The first-order valence-electron chi connectivity index (χ1n) is 9.77. The molecule has 0 amide bonds. The number of nitrogens with zero attached hydrogens (tertiary/aromatic N) is 4. The SMILES string of the molecule is Cc1c(-c2ccccc2)nc2n1C(=O)C1N=CN([C@@H]3O[C@H](CO)[C@@H](O)[C@@]3(C)O)C1N2. The van der Waals surface area contributed by atoms with Gasteiger partial charge in [-0.3, -0.25) is 14.4 Å². The Morgan fingerprint density at radius 1 is 1.30 bits per heavy atom. The molecule has 0 saturated carbocycles. The van der Waals surface area contributed by atoms with Gasteiger partial charge in [0, 0.05) is 5.56 Å². The Kier molecular flexibility index (Phi) is 4.23. The van der Waals surface area contributed by atoms with E-state index in [1.165, 1.54) is 17.8 Å². The number of aliphatic hydroxyl groups is 3. The van der Waals surface area contributed by atoms with Gasteiger partial charge in [0.05, 0.1) is 24.3 Å². The lowest BCUT2D eigenvalue weighted by atomic mass is 9.95. The third-order valence-electron chi connectivity index (χ3n) is 6.09. The summed E-state index contributed by atoms with van der Waals surface area (Å²) in [5, 5.41) is 33.8. The molecule has 5 rings (SSSR count). The fraction of sp³-hybridized carbons (Fsp3) is 0.450. The second-order valence-electron chi connectivity index (χ2n) is 8.03. The number of fused-ring (bicyclic) bond motifs is 2. The van der Waals surface area contributed by atoms with E-state index in [-0.39, 0.29) is 5.91 Å². The van der Waals surface area contributed by atoms with Crippen molar-refractivity contribution in [1.29, 1.82) is 0 Å². The van der Waals surface area contributed by atoms with Gasteiger partial charge in [0.15, 0.2) is 12.3 Å². The summed E-state index contributed by atoms with van der Waals surface area (Å²) in [5.74, 6) is 0.140. The van der Waals surface area contributed by atoms with Gasteiger partial charge in [-0.05, 0) is 13.8 Å². The summed E-state index contributed by atoms with van der Waals surface area (Å²) in [4.78, 5) is 23.8. The van der Waals surface area contributed by atoms with Gasteiger partial charge in [-0.1, -0.05) is 30.3 Å². The quantitative estimate of drug-likeness (QED) is 0.544. The topological polar surface area (TPSA) is 132 Å². The Morgan fingerprint density at radius 2 is 2.03 bits per heavy atom. The predicted octanol–water partition coefficient (Wildman–Crippen LogP) is -0.208. The highest BCUT2D eigenvalue weighted by atomic mass is 16.6. The molecule has 4 heterocycles. The fourth-order valence-corrected chi connectivity index (χ4v) is 4.44. The molecule has 6 atom stereocenters. The highest BCUT2D eigenvalue weighted by Crippen LogP contribution is 2.38. The van der Waals surface area contributed by atoms with Crippen LogP contribution in [0.15, 0.2) is 35.3 Å². The zero-order valence-electron chi connectivity index (χ0n) is 16.5. The smallest absolute Gasteiger partial charge is 0.262 e. The molecule has 3 aliphatic rings. The molecular formula is C20H23N5O5. The molecular weight excluding hydrogens is 390 g/mol. The normalized spacial score (nSPS) is 34.8. The van der Waals surface area contributed by atoms with E-state index in [2.05, 4.69) is 15.3 Å². The van der Waals surface area contributed by atoms with Crippen molar-refractivity contribution in [3.05, 3.63) is 36.0 Å². The van der Waals surface area contributed by atoms with Crippen LogP contribution in [0.1, 0.15) is 17.4 Å². The number of imidazole rings is 1. The molecule has 10 heteroatoms. The molecule has 2 aromatic rings. The number of nitrogens with one attached hydrogen (secondary N) is 1. The van der Waals surface area contributed by atoms with E-state index in [0.29, 0.717) is 17.3 Å². The summed E-state index contributed by atoms with van der Waals surface area (Å²) in [5.41, 5.74) is 0.632. The van der Waals surface area contributed by atoms with Crippen LogP contribution < -0.4 is 5.32 Å². The number of aliphatic imine (C=N–C) groups is 1. The van der Waals surface area contributed by atoms with Crippen molar-refractivity contribution in [2.24, 2.45) is 4.99 Å². The van der Waals surface area contributed by atoms with Gasteiger partial charge in [0.1, 0.15) is 24.0 Å². The average molecular weight is 413 g/mol. The van der Waals surface area contributed by atoms with E-state index in [4.69, 9.17) is 4.74 Å². The summed E-state index contributed by atoms with van der Waals surface area (Å²) in [7, 11) is 0. The molecule has 0 radical (unpaired) electrons. The Balaban J connectivity index is 1.50. The van der Waals surface area contributed by atoms with Crippen LogP contribution in [0, 0.1) is 6.92 Å². The van der Waals surface area contributed by atoms with Gasteiger partial charge < -0.3 is 30.3 Å². The van der Waals surface area contributed by atoms with E-state index in [0.717, 1.165) is 5.56 Å². The Labute approximate surface area is 172 Å². The van der Waals surface area contributed by atoms with Gasteiger partial charge in [-0.2, -0.15) is 0 Å². The zero-order chi connectivity index (χ0) is 21.2. The number of carbonyl (C=O) groups excluding carboxylic acids is 1. The molecule has 0 bridgehead atoms. The summed E-state index contributed by atoms with van der Waals surface area (Å²) in [6.45, 7) is 2.83. The maximum atomic E-state index is 13.2. The Morgan fingerprint density at radius 3 is 2.70 bits per heavy atom. The molecule has 10 nitrogen and oxygen atoms in total. The first kappa shape index (κ1) is 19.2. The first-order chi connectivity index (χ1) is 14.3. The van der Waals surface area contributed by atoms with Gasteiger partial charge >= 0.3 is 0 Å². The molecule has 4 N–H and O–H groups in total. The first-order valence-corrected chi connectivity index (χ1v) is 9.77. The van der Waals surface area contributed by atoms with Crippen LogP contribution in [0.4, 0.5) is 5.95 Å². The number of aromatic nitrogens is 2. The number of hydrogen-bond donors (Lipinski definition) is 4. The lowest BCUT2D eigenvalue weighted by Crippen LogP contribution is -2.60. The summed E-state index contributed by atoms with van der Waals surface area (Å²) in [6.07, 6.45) is -2.43. The van der Waals surface area contributed by atoms with E-state index >= 15 is 0 Å². The van der Waals surface area contributed by atoms with Crippen LogP contribution >= 0.6 is 0 Å². The Bertz CT molecular complexity index is 1020. The number of carbonyl (C=O) groups is 1. The maximum Gasteiger partial charge on any atom is 0.262 e. The molecule has 0 spiro atoms. The highest BCUT2D eigenvalue weighted by molar-refractivity contribution is 5.94. The monoisotopic (exact) mass is 413 g/mol. The molecule has 1 aromatic heterocycles. The minimum absolute atomic E-state index is 0.239. The predicted molar refractivity (Wildman–Crippen MR) is 107 cm³/mol. The van der Waals surface area contributed by atoms with Gasteiger partial charge in [0.2, 0.25) is 5.95 Å². The zero-order valence-corrected chi connectivity index (χ0v) is 16.5. The van der Waals surface area contributed by atoms with Crippen molar-refractivity contribution in [2.45, 2.75) is 50.1 Å². The molecule has 1 saturated heterocycles. The molecule has 158 valence electrons. The van der Waals surface area contributed by atoms with Gasteiger partial charge in [-0.25, -0.2) is 4.98 Å².